The van der Waals surface area contributed by atoms with Crippen LogP contribution in [0.3, 0.4) is 0 Å². The third kappa shape index (κ3) is 2.76. The minimum atomic E-state index is 0.396. The predicted octanol–water partition coefficient (Wildman–Crippen LogP) is 4.09. The fraction of sp³-hybridized carbons (Fsp3) is 0.0625. The van der Waals surface area contributed by atoms with Gasteiger partial charge in [0, 0.05) is 21.6 Å². The first kappa shape index (κ1) is 13.3. The highest BCUT2D eigenvalue weighted by Crippen LogP contribution is 2.30. The molecule has 1 aromatic heterocycles. The molecule has 100 valence electrons. The van der Waals surface area contributed by atoms with Crippen LogP contribution in [0.15, 0.2) is 54.6 Å². The molecular weight excluding hydrogens is 363 g/mol. The second kappa shape index (κ2) is 5.76. The fourth-order valence-electron chi connectivity index (χ4n) is 2.04. The number of nitrogens with zero attached hydrogens (tertiary/aromatic N) is 1. The van der Waals surface area contributed by atoms with E-state index in [9.17, 15) is 0 Å². The number of ether oxygens (including phenoxy) is 1. The highest BCUT2D eigenvalue weighted by molar-refractivity contribution is 14.1. The molecule has 1 heterocycles. The second-order valence-corrected chi connectivity index (χ2v) is 5.64. The van der Waals surface area contributed by atoms with Crippen molar-refractivity contribution in [3.05, 3.63) is 63.9 Å². The molecule has 0 amide bonds. The molecular formula is C16H13IN2O. The molecule has 0 aliphatic carbocycles. The number of halogens is 1. The summed E-state index contributed by atoms with van der Waals surface area (Å²) in [6.07, 6.45) is 0. The van der Waals surface area contributed by atoms with Gasteiger partial charge in [0.25, 0.3) is 0 Å². The third-order valence-corrected chi connectivity index (χ3v) is 3.64. The van der Waals surface area contributed by atoms with E-state index in [1.54, 1.807) is 0 Å². The predicted molar refractivity (Wildman–Crippen MR) is 88.9 cm³/mol. The Labute approximate surface area is 130 Å². The maximum atomic E-state index is 6.01. The van der Waals surface area contributed by atoms with Crippen LogP contribution >= 0.6 is 22.6 Å². The summed E-state index contributed by atoms with van der Waals surface area (Å²) in [7, 11) is 0. The van der Waals surface area contributed by atoms with Crippen molar-refractivity contribution in [2.75, 3.05) is 0 Å². The van der Waals surface area contributed by atoms with E-state index in [0.29, 0.717) is 6.54 Å². The number of para-hydroxylation sites is 1. The summed E-state index contributed by atoms with van der Waals surface area (Å²) in [4.78, 5) is 4.51. The van der Waals surface area contributed by atoms with Crippen molar-refractivity contribution in [1.82, 2.24) is 4.98 Å². The molecule has 0 radical (unpaired) electrons. The Bertz CT molecular complexity index is 758. The molecule has 0 unspecified atom stereocenters. The van der Waals surface area contributed by atoms with Gasteiger partial charge in [-0.3, -0.25) is 4.98 Å². The largest absolute Gasteiger partial charge is 0.457 e. The van der Waals surface area contributed by atoms with Crippen molar-refractivity contribution >= 4 is 33.5 Å². The molecule has 0 atom stereocenters. The van der Waals surface area contributed by atoms with Gasteiger partial charge in [-0.2, -0.15) is 0 Å². The molecule has 0 saturated heterocycles. The molecule has 4 heteroatoms. The van der Waals surface area contributed by atoms with Gasteiger partial charge in [-0.15, -0.1) is 0 Å². The van der Waals surface area contributed by atoms with Crippen molar-refractivity contribution in [2.45, 2.75) is 6.54 Å². The van der Waals surface area contributed by atoms with Gasteiger partial charge in [0.1, 0.15) is 11.5 Å². The maximum Gasteiger partial charge on any atom is 0.138 e. The Morgan fingerprint density at radius 3 is 2.70 bits per heavy atom. The van der Waals surface area contributed by atoms with Gasteiger partial charge in [0.05, 0.1) is 11.2 Å². The van der Waals surface area contributed by atoms with Crippen LogP contribution in [0, 0.1) is 3.57 Å². The Balaban J connectivity index is 2.10. The van der Waals surface area contributed by atoms with Crippen LogP contribution in [0.1, 0.15) is 5.69 Å². The smallest absolute Gasteiger partial charge is 0.138 e. The highest BCUT2D eigenvalue weighted by Gasteiger charge is 2.07. The van der Waals surface area contributed by atoms with E-state index in [0.717, 1.165) is 31.7 Å². The van der Waals surface area contributed by atoms with Gasteiger partial charge >= 0.3 is 0 Å². The molecule has 3 aromatic rings. The van der Waals surface area contributed by atoms with Crippen LogP contribution in [0.25, 0.3) is 10.9 Å². The van der Waals surface area contributed by atoms with E-state index in [1.165, 1.54) is 0 Å². The molecule has 0 aliphatic rings. The molecule has 0 aliphatic heterocycles. The molecule has 3 nitrogen and oxygen atoms in total. The molecule has 0 spiro atoms. The van der Waals surface area contributed by atoms with Gasteiger partial charge in [-0.25, -0.2) is 0 Å². The first-order chi connectivity index (χ1) is 9.76. The van der Waals surface area contributed by atoms with Gasteiger partial charge < -0.3 is 10.5 Å². The zero-order chi connectivity index (χ0) is 13.9. The standard InChI is InChI=1S/C16H13IN2O/c17-11-4-3-5-13(8-11)20-16-9-12(10-18)19-15-7-2-1-6-14(15)16/h1-9H,10,18H2. The molecule has 0 bridgehead atoms. The second-order valence-electron chi connectivity index (χ2n) is 4.39. The van der Waals surface area contributed by atoms with Crippen LogP contribution in [-0.4, -0.2) is 4.98 Å². The minimum Gasteiger partial charge on any atom is -0.457 e. The Morgan fingerprint density at radius 1 is 1.05 bits per heavy atom. The van der Waals surface area contributed by atoms with Gasteiger partial charge in [0.15, 0.2) is 0 Å². The first-order valence-electron chi connectivity index (χ1n) is 6.28. The van der Waals surface area contributed by atoms with Gasteiger partial charge in [-0.1, -0.05) is 18.2 Å². The number of hydrogen-bond acceptors (Lipinski definition) is 3. The number of rotatable bonds is 3. The topological polar surface area (TPSA) is 48.1 Å². The molecule has 2 aromatic carbocycles. The van der Waals surface area contributed by atoms with Crippen molar-refractivity contribution in [1.29, 1.82) is 0 Å². The van der Waals surface area contributed by atoms with Crippen molar-refractivity contribution in [3.63, 3.8) is 0 Å². The summed E-state index contributed by atoms with van der Waals surface area (Å²) >= 11 is 2.27. The van der Waals surface area contributed by atoms with Crippen molar-refractivity contribution in [3.8, 4) is 11.5 Å². The number of pyridine rings is 1. The van der Waals surface area contributed by atoms with E-state index in [4.69, 9.17) is 10.5 Å². The summed E-state index contributed by atoms with van der Waals surface area (Å²) in [5.74, 6) is 1.61. The summed E-state index contributed by atoms with van der Waals surface area (Å²) in [5.41, 5.74) is 7.43. The highest BCUT2D eigenvalue weighted by atomic mass is 127. The maximum absolute atomic E-state index is 6.01. The van der Waals surface area contributed by atoms with E-state index in [2.05, 4.69) is 27.6 Å². The molecule has 20 heavy (non-hydrogen) atoms. The number of nitrogens with two attached hydrogens (primary N) is 1. The van der Waals surface area contributed by atoms with Crippen LogP contribution in [0.5, 0.6) is 11.5 Å². The lowest BCUT2D eigenvalue weighted by molar-refractivity contribution is 0.486. The minimum absolute atomic E-state index is 0.396. The van der Waals surface area contributed by atoms with E-state index < -0.39 is 0 Å². The lowest BCUT2D eigenvalue weighted by Crippen LogP contribution is -2.00. The summed E-state index contributed by atoms with van der Waals surface area (Å²) < 4.78 is 7.15. The summed E-state index contributed by atoms with van der Waals surface area (Å²) in [6.45, 7) is 0.396. The van der Waals surface area contributed by atoms with Gasteiger partial charge in [-0.05, 0) is 52.9 Å². The number of benzene rings is 2. The summed E-state index contributed by atoms with van der Waals surface area (Å²) in [5, 5.41) is 0.989. The molecule has 3 rings (SSSR count). The van der Waals surface area contributed by atoms with E-state index >= 15 is 0 Å². The van der Waals surface area contributed by atoms with Crippen LogP contribution in [0.4, 0.5) is 0 Å². The Morgan fingerprint density at radius 2 is 1.90 bits per heavy atom. The van der Waals surface area contributed by atoms with Crippen molar-refractivity contribution in [2.24, 2.45) is 5.73 Å². The van der Waals surface area contributed by atoms with E-state index in [1.807, 2.05) is 54.6 Å². The third-order valence-electron chi connectivity index (χ3n) is 2.96. The lowest BCUT2D eigenvalue weighted by atomic mass is 10.2. The fourth-order valence-corrected chi connectivity index (χ4v) is 2.56. The Kier molecular flexibility index (Phi) is 3.84. The lowest BCUT2D eigenvalue weighted by Gasteiger charge is -2.10. The normalized spacial score (nSPS) is 10.7. The first-order valence-corrected chi connectivity index (χ1v) is 7.36. The summed E-state index contributed by atoms with van der Waals surface area (Å²) in [6, 6.07) is 17.8. The number of aromatic nitrogens is 1. The van der Waals surface area contributed by atoms with Crippen LogP contribution in [0.2, 0.25) is 0 Å². The molecule has 0 fully saturated rings. The van der Waals surface area contributed by atoms with Gasteiger partial charge in [0.2, 0.25) is 0 Å². The average Bonchev–Trinajstić information content (AvgIpc) is 2.47. The monoisotopic (exact) mass is 376 g/mol. The average molecular weight is 376 g/mol. The molecule has 2 N–H and O–H groups in total. The van der Waals surface area contributed by atoms with Crippen LogP contribution in [-0.2, 0) is 6.54 Å². The van der Waals surface area contributed by atoms with Crippen LogP contribution < -0.4 is 10.5 Å². The van der Waals surface area contributed by atoms with E-state index in [-0.39, 0.29) is 0 Å². The van der Waals surface area contributed by atoms with Crippen molar-refractivity contribution < 1.29 is 4.74 Å². The number of fused-ring (bicyclic) bond motifs is 1. The number of hydrogen-bond donors (Lipinski definition) is 1. The quantitative estimate of drug-likeness (QED) is 0.701. The zero-order valence-corrected chi connectivity index (χ0v) is 12.9. The SMILES string of the molecule is NCc1cc(Oc2cccc(I)c2)c2ccccc2n1. The Hall–Kier alpha value is -1.66. The zero-order valence-electron chi connectivity index (χ0n) is 10.7. The molecule has 0 saturated carbocycles.